The minimum absolute atomic E-state index is 0.123. The summed E-state index contributed by atoms with van der Waals surface area (Å²) in [6, 6.07) is 56.8. The van der Waals surface area contributed by atoms with Crippen LogP contribution in [0.2, 0.25) is 0 Å². The molecule has 0 amide bonds. The molecule has 2 aromatic heterocycles. The molecule has 2 heterocycles. The van der Waals surface area contributed by atoms with Crippen LogP contribution in [-0.2, 0) is 6.18 Å². The van der Waals surface area contributed by atoms with Crippen LogP contribution < -0.4 is 0 Å². The van der Waals surface area contributed by atoms with E-state index in [0.717, 1.165) is 89.1 Å². The summed E-state index contributed by atoms with van der Waals surface area (Å²) in [5.74, 6) is 0. The van der Waals surface area contributed by atoms with Crippen LogP contribution in [0.4, 0.5) is 13.2 Å². The van der Waals surface area contributed by atoms with Gasteiger partial charge in [-0.3, -0.25) is 0 Å². The molecular formula is C53H33F3N4. The SMILES string of the molecule is Cc1cccc(-c2ccc3c(c2)c2ccccc2n3-c2cc(C#N)c(-c3cc(C#N)cc(C(F)(F)F)c3)cc2-n2c3ccccc3c3cc(-c4cccc(C)c4)ccc32)c1. The van der Waals surface area contributed by atoms with Crippen molar-refractivity contribution < 1.29 is 13.2 Å². The Kier molecular flexibility index (Phi) is 8.45. The molecule has 60 heavy (non-hydrogen) atoms. The lowest BCUT2D eigenvalue weighted by molar-refractivity contribution is -0.137. The largest absolute Gasteiger partial charge is 0.416 e. The average Bonchev–Trinajstić information content (AvgIpc) is 3.77. The number of fused-ring (bicyclic) bond motifs is 6. The van der Waals surface area contributed by atoms with E-state index in [0.29, 0.717) is 11.4 Å². The highest BCUT2D eigenvalue weighted by Gasteiger charge is 2.32. The molecule has 0 N–H and O–H groups in total. The summed E-state index contributed by atoms with van der Waals surface area (Å²) in [7, 11) is 0. The third-order valence-electron chi connectivity index (χ3n) is 11.5. The molecule has 10 aromatic rings. The molecule has 0 unspecified atom stereocenters. The third kappa shape index (κ3) is 5.99. The molecule has 10 rings (SSSR count). The van der Waals surface area contributed by atoms with Gasteiger partial charge in [0.05, 0.1) is 62.3 Å². The third-order valence-corrected chi connectivity index (χ3v) is 11.5. The van der Waals surface area contributed by atoms with Gasteiger partial charge in [-0.1, -0.05) is 108 Å². The highest BCUT2D eigenvalue weighted by Crippen LogP contribution is 2.43. The Morgan fingerprint density at radius 2 is 0.933 bits per heavy atom. The van der Waals surface area contributed by atoms with Crippen molar-refractivity contribution in [2.75, 3.05) is 0 Å². The first-order valence-electron chi connectivity index (χ1n) is 19.5. The van der Waals surface area contributed by atoms with Crippen LogP contribution in [0.3, 0.4) is 0 Å². The number of nitriles is 2. The number of para-hydroxylation sites is 2. The molecule has 7 heteroatoms. The Hall–Kier alpha value is -7.87. The lowest BCUT2D eigenvalue weighted by atomic mass is 9.94. The van der Waals surface area contributed by atoms with Gasteiger partial charge in [0.25, 0.3) is 0 Å². The summed E-state index contributed by atoms with van der Waals surface area (Å²) in [5, 5.41) is 24.7. The topological polar surface area (TPSA) is 57.4 Å². The number of alkyl halides is 3. The quantitative estimate of drug-likeness (QED) is 0.175. The van der Waals surface area contributed by atoms with Crippen molar-refractivity contribution in [3.8, 4) is 56.9 Å². The van der Waals surface area contributed by atoms with Gasteiger partial charge in [-0.25, -0.2) is 0 Å². The summed E-state index contributed by atoms with van der Waals surface area (Å²) in [4.78, 5) is 0. The molecule has 4 nitrogen and oxygen atoms in total. The van der Waals surface area contributed by atoms with Crippen LogP contribution in [0.5, 0.6) is 0 Å². The fourth-order valence-corrected chi connectivity index (χ4v) is 8.75. The maximum atomic E-state index is 14.3. The maximum Gasteiger partial charge on any atom is 0.416 e. The molecule has 0 bridgehead atoms. The number of hydrogen-bond donors (Lipinski definition) is 0. The van der Waals surface area contributed by atoms with Gasteiger partial charge in [0.2, 0.25) is 0 Å². The first kappa shape index (κ1) is 36.5. The van der Waals surface area contributed by atoms with Gasteiger partial charge in [0.1, 0.15) is 0 Å². The first-order valence-corrected chi connectivity index (χ1v) is 19.5. The molecule has 0 aliphatic carbocycles. The fraction of sp³-hybridized carbons (Fsp3) is 0.0566. The van der Waals surface area contributed by atoms with E-state index in [1.165, 1.54) is 6.07 Å². The van der Waals surface area contributed by atoms with E-state index in [1.807, 2.05) is 48.5 Å². The van der Waals surface area contributed by atoms with Gasteiger partial charge >= 0.3 is 6.18 Å². The minimum atomic E-state index is -4.71. The van der Waals surface area contributed by atoms with Crippen LogP contribution in [0.25, 0.3) is 88.4 Å². The number of nitrogens with zero attached hydrogens (tertiary/aromatic N) is 4. The second-order valence-corrected chi connectivity index (χ2v) is 15.3. The normalized spacial score (nSPS) is 11.7. The molecule has 286 valence electrons. The van der Waals surface area contributed by atoms with Gasteiger partial charge in [-0.15, -0.1) is 0 Å². The second-order valence-electron chi connectivity index (χ2n) is 15.3. The van der Waals surface area contributed by atoms with Crippen molar-refractivity contribution in [2.24, 2.45) is 0 Å². The van der Waals surface area contributed by atoms with Crippen molar-refractivity contribution in [3.05, 3.63) is 192 Å². The van der Waals surface area contributed by atoms with Crippen LogP contribution in [0, 0.1) is 36.5 Å². The van der Waals surface area contributed by atoms with Gasteiger partial charge < -0.3 is 9.13 Å². The molecule has 0 atom stereocenters. The van der Waals surface area contributed by atoms with Crippen molar-refractivity contribution in [1.29, 1.82) is 10.5 Å². The molecule has 0 fully saturated rings. The number of aryl methyl sites for hydroxylation is 2. The monoisotopic (exact) mass is 782 g/mol. The van der Waals surface area contributed by atoms with E-state index < -0.39 is 11.7 Å². The number of aromatic nitrogens is 2. The van der Waals surface area contributed by atoms with Crippen LogP contribution in [-0.4, -0.2) is 9.13 Å². The van der Waals surface area contributed by atoms with E-state index >= 15 is 0 Å². The molecule has 0 spiro atoms. The Labute approximate surface area is 343 Å². The highest BCUT2D eigenvalue weighted by molar-refractivity contribution is 6.13. The van der Waals surface area contributed by atoms with E-state index in [9.17, 15) is 23.7 Å². The van der Waals surface area contributed by atoms with E-state index in [4.69, 9.17) is 0 Å². The van der Waals surface area contributed by atoms with Crippen LogP contribution in [0.1, 0.15) is 27.8 Å². The lowest BCUT2D eigenvalue weighted by Gasteiger charge is -2.20. The van der Waals surface area contributed by atoms with Crippen molar-refractivity contribution in [2.45, 2.75) is 20.0 Å². The minimum Gasteiger partial charge on any atom is -0.307 e. The molecule has 0 aliphatic rings. The Bertz CT molecular complexity index is 3480. The van der Waals surface area contributed by atoms with Gasteiger partial charge in [0, 0.05) is 27.1 Å². The Morgan fingerprint density at radius 1 is 0.433 bits per heavy atom. The number of benzene rings is 8. The summed E-state index contributed by atoms with van der Waals surface area (Å²) in [6.45, 7) is 4.14. The zero-order valence-electron chi connectivity index (χ0n) is 32.5. The zero-order valence-corrected chi connectivity index (χ0v) is 32.5. The Balaban J connectivity index is 1.33. The lowest BCUT2D eigenvalue weighted by Crippen LogP contribution is -2.07. The highest BCUT2D eigenvalue weighted by atomic mass is 19.4. The standard InChI is InChI=1S/C53H33F3N4/c1-32-9-7-11-35(21-32)37-17-19-49-45(26-37)42-13-3-5-15-47(42)59(49)51-28-40(31-58)44(39-23-34(30-57)24-41(25-39)53(54,55)56)29-52(51)60-48-16-6-4-14-43(48)46-27-38(18-20-50(46)60)36-12-8-10-33(2)22-36/h3-29H,1-2H3. The van der Waals surface area contributed by atoms with E-state index in [2.05, 4.69) is 126 Å². The van der Waals surface area contributed by atoms with Crippen LogP contribution >= 0.6 is 0 Å². The van der Waals surface area contributed by atoms with Crippen molar-refractivity contribution >= 4 is 43.6 Å². The predicted octanol–water partition coefficient (Wildman–Crippen LogP) is 14.3. The van der Waals surface area contributed by atoms with Crippen molar-refractivity contribution in [3.63, 3.8) is 0 Å². The molecule has 8 aromatic carbocycles. The first-order chi connectivity index (χ1) is 29.1. The zero-order chi connectivity index (χ0) is 41.3. The molecular weight excluding hydrogens is 750 g/mol. The van der Waals surface area contributed by atoms with Gasteiger partial charge in [0.15, 0.2) is 0 Å². The predicted molar refractivity (Wildman–Crippen MR) is 235 cm³/mol. The molecule has 0 radical (unpaired) electrons. The van der Waals surface area contributed by atoms with Gasteiger partial charge in [-0.2, -0.15) is 23.7 Å². The number of hydrogen-bond acceptors (Lipinski definition) is 2. The Morgan fingerprint density at radius 3 is 1.43 bits per heavy atom. The maximum absolute atomic E-state index is 14.3. The molecule has 0 aliphatic heterocycles. The number of rotatable bonds is 5. The summed E-state index contributed by atoms with van der Waals surface area (Å²) >= 11 is 0. The average molecular weight is 783 g/mol. The summed E-state index contributed by atoms with van der Waals surface area (Å²) < 4.78 is 47.3. The van der Waals surface area contributed by atoms with E-state index in [-0.39, 0.29) is 22.3 Å². The molecule has 0 saturated carbocycles. The van der Waals surface area contributed by atoms with Gasteiger partial charge in [-0.05, 0) is 108 Å². The van der Waals surface area contributed by atoms with Crippen molar-refractivity contribution in [1.82, 2.24) is 9.13 Å². The number of halogens is 3. The molecule has 0 saturated heterocycles. The fourth-order valence-electron chi connectivity index (χ4n) is 8.75. The van der Waals surface area contributed by atoms with Crippen LogP contribution in [0.15, 0.2) is 164 Å². The smallest absolute Gasteiger partial charge is 0.307 e. The summed E-state index contributed by atoms with van der Waals surface area (Å²) in [5.41, 5.74) is 11.0. The second kappa shape index (κ2) is 13.9. The summed E-state index contributed by atoms with van der Waals surface area (Å²) in [6.07, 6.45) is -4.71. The van der Waals surface area contributed by atoms with E-state index in [1.54, 1.807) is 6.07 Å².